The van der Waals surface area contributed by atoms with Crippen LogP contribution in [0.25, 0.3) is 0 Å². The fourth-order valence-electron chi connectivity index (χ4n) is 3.48. The summed E-state index contributed by atoms with van der Waals surface area (Å²) in [7, 11) is 0. The number of hydrogen-bond acceptors (Lipinski definition) is 6. The van der Waals surface area contributed by atoms with Gasteiger partial charge in [0.15, 0.2) is 5.82 Å². The summed E-state index contributed by atoms with van der Waals surface area (Å²) < 4.78 is 5.49. The number of aromatic amines is 1. The Bertz CT molecular complexity index is 836. The molecule has 2 aromatic heterocycles. The van der Waals surface area contributed by atoms with Crippen LogP contribution in [-0.4, -0.2) is 46.4 Å². The number of carbonyl (C=O) groups excluding carboxylic acids is 2. The molecule has 2 aromatic rings. The second kappa shape index (κ2) is 7.65. The molecule has 0 aromatic carbocycles. The standard InChI is InChI=1S/C18H22N6O3/c25-17-15-9-12(4-7-19-15)22-16-10-14(23-24-16)11-2-3-13(8-11)27-18(26)21-6-1-5-20-17/h4,7,9-11,13H,1-3,5-6,8H2,(H,20,25)(H,21,26)(H2,22,23,24)/t11-,13+/m0/s1. The van der Waals surface area contributed by atoms with Crippen molar-refractivity contribution >= 4 is 23.5 Å². The molecule has 3 heterocycles. The normalized spacial score (nSPS) is 23.3. The molecule has 6 bridgehead atoms. The zero-order valence-corrected chi connectivity index (χ0v) is 14.8. The van der Waals surface area contributed by atoms with E-state index in [1.165, 1.54) is 0 Å². The van der Waals surface area contributed by atoms with E-state index >= 15 is 0 Å². The SMILES string of the molecule is O=C1NCCCNC(=O)c2cc(ccn2)Nc2cc([nH]n2)[C@H]2CC[C@H](C2)O1. The minimum absolute atomic E-state index is 0.0870. The molecular formula is C18H22N6O3. The number of alkyl carbamates (subject to hydrolysis) is 1. The fourth-order valence-corrected chi connectivity index (χ4v) is 3.48. The summed E-state index contributed by atoms with van der Waals surface area (Å²) >= 11 is 0. The van der Waals surface area contributed by atoms with Crippen LogP contribution in [0.5, 0.6) is 0 Å². The summed E-state index contributed by atoms with van der Waals surface area (Å²) in [6.45, 7) is 0.876. The first-order valence-corrected chi connectivity index (χ1v) is 9.18. The number of hydrogen-bond donors (Lipinski definition) is 4. The number of H-pyrrole nitrogens is 1. The molecule has 0 unspecified atom stereocenters. The van der Waals surface area contributed by atoms with Gasteiger partial charge in [-0.05, 0) is 37.8 Å². The van der Waals surface area contributed by atoms with Gasteiger partial charge in [0.1, 0.15) is 11.8 Å². The quantitative estimate of drug-likeness (QED) is 0.563. The van der Waals surface area contributed by atoms with Crippen LogP contribution in [0.2, 0.25) is 0 Å². The largest absolute Gasteiger partial charge is 0.446 e. The molecule has 2 aliphatic rings. The molecule has 1 fully saturated rings. The molecule has 27 heavy (non-hydrogen) atoms. The monoisotopic (exact) mass is 370 g/mol. The summed E-state index contributed by atoms with van der Waals surface area (Å²) in [5.41, 5.74) is 2.08. The summed E-state index contributed by atoms with van der Waals surface area (Å²) in [6.07, 6.45) is 4.26. The Balaban J connectivity index is 1.55. The van der Waals surface area contributed by atoms with Gasteiger partial charge < -0.3 is 20.7 Å². The lowest BCUT2D eigenvalue weighted by molar-refractivity contribution is 0.0948. The van der Waals surface area contributed by atoms with Gasteiger partial charge in [-0.2, -0.15) is 5.10 Å². The third-order valence-corrected chi connectivity index (χ3v) is 4.87. The van der Waals surface area contributed by atoms with E-state index in [2.05, 4.69) is 31.1 Å². The van der Waals surface area contributed by atoms with Gasteiger partial charge in [-0.1, -0.05) is 0 Å². The molecule has 1 saturated carbocycles. The number of aromatic nitrogens is 3. The Labute approximate surface area is 156 Å². The Hall–Kier alpha value is -3.10. The predicted molar refractivity (Wildman–Crippen MR) is 97.9 cm³/mol. The van der Waals surface area contributed by atoms with Crippen LogP contribution in [0.1, 0.15) is 47.8 Å². The van der Waals surface area contributed by atoms with Crippen molar-refractivity contribution in [2.75, 3.05) is 18.4 Å². The number of pyridine rings is 1. The third kappa shape index (κ3) is 4.18. The zero-order chi connectivity index (χ0) is 18.6. The highest BCUT2D eigenvalue weighted by Crippen LogP contribution is 2.36. The number of fused-ring (bicyclic) bond motifs is 7. The second-order valence-corrected chi connectivity index (χ2v) is 6.84. The maximum atomic E-state index is 12.2. The summed E-state index contributed by atoms with van der Waals surface area (Å²) in [4.78, 5) is 28.2. The molecule has 9 nitrogen and oxygen atoms in total. The van der Waals surface area contributed by atoms with Gasteiger partial charge in [-0.3, -0.25) is 14.9 Å². The zero-order valence-electron chi connectivity index (χ0n) is 14.8. The van der Waals surface area contributed by atoms with E-state index in [1.54, 1.807) is 18.3 Å². The van der Waals surface area contributed by atoms with Gasteiger partial charge in [0.2, 0.25) is 0 Å². The number of amides is 2. The van der Waals surface area contributed by atoms with E-state index in [-0.39, 0.29) is 17.9 Å². The van der Waals surface area contributed by atoms with Crippen LogP contribution in [0, 0.1) is 0 Å². The van der Waals surface area contributed by atoms with Crippen molar-refractivity contribution in [2.24, 2.45) is 0 Å². The smallest absolute Gasteiger partial charge is 0.407 e. The first-order chi connectivity index (χ1) is 13.2. The molecule has 9 heteroatoms. The highest BCUT2D eigenvalue weighted by Gasteiger charge is 2.30. The van der Waals surface area contributed by atoms with Crippen LogP contribution in [0.4, 0.5) is 16.3 Å². The van der Waals surface area contributed by atoms with Gasteiger partial charge in [0.05, 0.1) is 0 Å². The molecule has 1 aliphatic carbocycles. The maximum absolute atomic E-state index is 12.2. The van der Waals surface area contributed by atoms with Crippen molar-refractivity contribution < 1.29 is 14.3 Å². The van der Waals surface area contributed by atoms with Gasteiger partial charge in [-0.25, -0.2) is 4.79 Å². The first kappa shape index (κ1) is 17.3. The number of rotatable bonds is 0. The van der Waals surface area contributed by atoms with Crippen molar-refractivity contribution in [3.63, 3.8) is 0 Å². The molecule has 4 rings (SSSR count). The molecule has 2 atom stereocenters. The van der Waals surface area contributed by atoms with E-state index < -0.39 is 6.09 Å². The summed E-state index contributed by atoms with van der Waals surface area (Å²) in [6, 6.07) is 5.43. The van der Waals surface area contributed by atoms with Gasteiger partial charge >= 0.3 is 6.09 Å². The molecule has 0 spiro atoms. The van der Waals surface area contributed by atoms with E-state index in [4.69, 9.17) is 4.74 Å². The number of ether oxygens (including phenoxy) is 1. The van der Waals surface area contributed by atoms with Gasteiger partial charge in [-0.15, -0.1) is 0 Å². The first-order valence-electron chi connectivity index (χ1n) is 9.18. The fraction of sp³-hybridized carbons (Fsp3) is 0.444. The van der Waals surface area contributed by atoms with Crippen molar-refractivity contribution in [1.29, 1.82) is 0 Å². The lowest BCUT2D eigenvalue weighted by Gasteiger charge is -2.13. The van der Waals surface area contributed by atoms with Crippen LogP contribution in [0.15, 0.2) is 24.4 Å². The summed E-state index contributed by atoms with van der Waals surface area (Å²) in [5, 5.41) is 16.1. The number of anilines is 2. The van der Waals surface area contributed by atoms with Crippen molar-refractivity contribution in [1.82, 2.24) is 25.8 Å². The third-order valence-electron chi connectivity index (χ3n) is 4.87. The Morgan fingerprint density at radius 2 is 2.00 bits per heavy atom. The van der Waals surface area contributed by atoms with E-state index in [0.29, 0.717) is 31.0 Å². The molecular weight excluding hydrogens is 348 g/mol. The van der Waals surface area contributed by atoms with E-state index in [0.717, 1.165) is 30.6 Å². The van der Waals surface area contributed by atoms with Gasteiger partial charge in [0, 0.05) is 42.7 Å². The molecule has 4 N–H and O–H groups in total. The summed E-state index contributed by atoms with van der Waals surface area (Å²) in [5.74, 6) is 0.692. The van der Waals surface area contributed by atoms with Crippen molar-refractivity contribution in [2.45, 2.75) is 37.7 Å². The molecule has 0 radical (unpaired) electrons. The molecule has 1 aliphatic heterocycles. The van der Waals surface area contributed by atoms with E-state index in [9.17, 15) is 9.59 Å². The highest BCUT2D eigenvalue weighted by atomic mass is 16.6. The molecule has 142 valence electrons. The number of carbonyl (C=O) groups is 2. The topological polar surface area (TPSA) is 121 Å². The van der Waals surface area contributed by atoms with Crippen molar-refractivity contribution in [3.8, 4) is 0 Å². The lowest BCUT2D eigenvalue weighted by Crippen LogP contribution is -2.32. The van der Waals surface area contributed by atoms with Crippen molar-refractivity contribution in [3.05, 3.63) is 35.8 Å². The van der Waals surface area contributed by atoms with E-state index in [1.807, 2.05) is 6.07 Å². The average Bonchev–Trinajstić information content (AvgIpc) is 3.30. The van der Waals surface area contributed by atoms with Crippen LogP contribution < -0.4 is 16.0 Å². The highest BCUT2D eigenvalue weighted by molar-refractivity contribution is 5.93. The maximum Gasteiger partial charge on any atom is 0.407 e. The number of nitrogens with zero attached hydrogens (tertiary/aromatic N) is 2. The Kier molecular flexibility index (Phi) is 4.91. The van der Waals surface area contributed by atoms with Crippen LogP contribution >= 0.6 is 0 Å². The van der Waals surface area contributed by atoms with Crippen LogP contribution in [0.3, 0.4) is 0 Å². The Morgan fingerprint density at radius 3 is 2.93 bits per heavy atom. The molecule has 2 amide bonds. The minimum atomic E-state index is -0.408. The van der Waals surface area contributed by atoms with Crippen LogP contribution in [-0.2, 0) is 4.74 Å². The van der Waals surface area contributed by atoms with Gasteiger partial charge in [0.25, 0.3) is 5.91 Å². The minimum Gasteiger partial charge on any atom is -0.446 e. The number of nitrogens with one attached hydrogen (secondary N) is 4. The lowest BCUT2D eigenvalue weighted by atomic mass is 10.0. The molecule has 0 saturated heterocycles. The Morgan fingerprint density at radius 1 is 1.11 bits per heavy atom. The average molecular weight is 370 g/mol. The predicted octanol–water partition coefficient (Wildman–Crippen LogP) is 2.04. The second-order valence-electron chi connectivity index (χ2n) is 6.84.